The molecule has 2 rings (SSSR count). The summed E-state index contributed by atoms with van der Waals surface area (Å²) in [6, 6.07) is 9.34. The third-order valence-electron chi connectivity index (χ3n) is 2.80. The van der Waals surface area contributed by atoms with Gasteiger partial charge in [0.1, 0.15) is 11.6 Å². The minimum Gasteiger partial charge on any atom is -0.497 e. The van der Waals surface area contributed by atoms with Crippen molar-refractivity contribution in [3.63, 3.8) is 0 Å². The third kappa shape index (κ3) is 3.14. The lowest BCUT2D eigenvalue weighted by Crippen LogP contribution is -2.23. The number of methoxy groups -OCH3 is 1. The Bertz CT molecular complexity index is 687. The smallest absolute Gasteiger partial charge is 0.274 e. The lowest BCUT2D eigenvalue weighted by atomic mass is 10.2. The van der Waals surface area contributed by atoms with Gasteiger partial charge in [-0.2, -0.15) is 0 Å². The third-order valence-corrected chi connectivity index (χ3v) is 2.80. The molecule has 1 amide bonds. The largest absolute Gasteiger partial charge is 0.497 e. The topological polar surface area (TPSA) is 85.6 Å². The number of hydrogen-bond donors (Lipinski definition) is 0. The second-order valence-corrected chi connectivity index (χ2v) is 4.19. The molecule has 0 atom stereocenters. The molecule has 0 bridgehead atoms. The zero-order valence-corrected chi connectivity index (χ0v) is 11.5. The summed E-state index contributed by atoms with van der Waals surface area (Å²) in [7, 11) is 1.52. The number of carbonyl (C=O) groups is 1. The van der Waals surface area contributed by atoms with Gasteiger partial charge in [-0.1, -0.05) is 6.07 Å². The average Bonchev–Trinajstić information content (AvgIpc) is 2.47. The molecule has 108 valence electrons. The zero-order valence-electron chi connectivity index (χ0n) is 11.5. The molecular formula is C14H13N3O4. The van der Waals surface area contributed by atoms with Crippen molar-refractivity contribution in [3.05, 3.63) is 52.7 Å². The summed E-state index contributed by atoms with van der Waals surface area (Å²) in [5, 5.41) is 10.8. The first-order chi connectivity index (χ1) is 10.0. The molecule has 0 radical (unpaired) electrons. The fraction of sp³-hybridized carbons (Fsp3) is 0.143. The highest BCUT2D eigenvalue weighted by Crippen LogP contribution is 2.28. The molecule has 2 aromatic rings. The van der Waals surface area contributed by atoms with Gasteiger partial charge in [0, 0.05) is 25.3 Å². The molecule has 7 heteroatoms. The molecular weight excluding hydrogens is 274 g/mol. The minimum atomic E-state index is -0.533. The van der Waals surface area contributed by atoms with E-state index in [1.165, 1.54) is 37.3 Å². The first kappa shape index (κ1) is 14.4. The van der Waals surface area contributed by atoms with Crippen LogP contribution in [-0.2, 0) is 4.79 Å². The molecule has 7 nitrogen and oxygen atoms in total. The second kappa shape index (κ2) is 6.00. The van der Waals surface area contributed by atoms with Gasteiger partial charge in [-0.25, -0.2) is 4.98 Å². The number of nitrogens with zero attached hydrogens (tertiary/aromatic N) is 3. The number of hydrogen-bond acceptors (Lipinski definition) is 5. The van der Waals surface area contributed by atoms with Gasteiger partial charge in [0.15, 0.2) is 0 Å². The minimum absolute atomic E-state index is 0.130. The number of pyridine rings is 1. The maximum absolute atomic E-state index is 11.9. The van der Waals surface area contributed by atoms with E-state index in [1.54, 1.807) is 24.3 Å². The van der Waals surface area contributed by atoms with E-state index in [0.717, 1.165) is 0 Å². The molecule has 1 aromatic heterocycles. The van der Waals surface area contributed by atoms with Gasteiger partial charge in [-0.05, 0) is 12.1 Å². The highest BCUT2D eigenvalue weighted by Gasteiger charge is 2.18. The average molecular weight is 287 g/mol. The van der Waals surface area contributed by atoms with Crippen LogP contribution in [0.3, 0.4) is 0 Å². The van der Waals surface area contributed by atoms with Crippen molar-refractivity contribution in [1.29, 1.82) is 0 Å². The van der Waals surface area contributed by atoms with Gasteiger partial charge in [0.05, 0.1) is 23.8 Å². The van der Waals surface area contributed by atoms with Crippen molar-refractivity contribution in [2.75, 3.05) is 12.0 Å². The number of amides is 1. The van der Waals surface area contributed by atoms with Crippen LogP contribution >= 0.6 is 0 Å². The van der Waals surface area contributed by atoms with E-state index in [1.807, 2.05) is 0 Å². The van der Waals surface area contributed by atoms with Gasteiger partial charge in [0.25, 0.3) is 5.69 Å². The molecule has 1 aromatic carbocycles. The number of rotatable bonds is 4. The molecule has 0 fully saturated rings. The monoisotopic (exact) mass is 287 g/mol. The molecule has 0 saturated carbocycles. The predicted molar refractivity (Wildman–Crippen MR) is 76.7 cm³/mol. The van der Waals surface area contributed by atoms with E-state index in [9.17, 15) is 14.9 Å². The van der Waals surface area contributed by atoms with E-state index in [4.69, 9.17) is 4.74 Å². The Morgan fingerprint density at radius 1 is 1.33 bits per heavy atom. The fourth-order valence-corrected chi connectivity index (χ4v) is 1.87. The van der Waals surface area contributed by atoms with E-state index < -0.39 is 4.92 Å². The highest BCUT2D eigenvalue weighted by molar-refractivity contribution is 5.98. The molecule has 0 spiro atoms. The van der Waals surface area contributed by atoms with Crippen molar-refractivity contribution >= 4 is 23.1 Å². The van der Waals surface area contributed by atoms with Gasteiger partial charge >= 0.3 is 0 Å². The number of anilines is 2. The Kier molecular flexibility index (Phi) is 4.13. The Morgan fingerprint density at radius 3 is 2.71 bits per heavy atom. The number of ether oxygens (including phenoxy) is 1. The first-order valence-corrected chi connectivity index (χ1v) is 6.08. The van der Waals surface area contributed by atoms with Crippen LogP contribution in [0.15, 0.2) is 42.6 Å². The van der Waals surface area contributed by atoms with Crippen molar-refractivity contribution in [2.45, 2.75) is 6.92 Å². The lowest BCUT2D eigenvalue weighted by molar-refractivity contribution is -0.384. The summed E-state index contributed by atoms with van der Waals surface area (Å²) in [5.74, 6) is 0.449. The van der Waals surface area contributed by atoms with Gasteiger partial charge in [-0.3, -0.25) is 19.8 Å². The molecule has 1 heterocycles. The van der Waals surface area contributed by atoms with Crippen molar-refractivity contribution in [1.82, 2.24) is 4.98 Å². The maximum atomic E-state index is 11.9. The van der Waals surface area contributed by atoms with Crippen LogP contribution in [0.25, 0.3) is 0 Å². The molecule has 0 unspecified atom stereocenters. The summed E-state index contributed by atoms with van der Waals surface area (Å²) >= 11 is 0. The SMILES string of the molecule is COc1cccc(N(C(C)=O)c2cc([N+](=O)[O-])ccn2)c1. The summed E-state index contributed by atoms with van der Waals surface area (Å²) in [5.41, 5.74) is 0.393. The van der Waals surface area contributed by atoms with Crippen LogP contribution in [-0.4, -0.2) is 22.9 Å². The number of nitro groups is 1. The normalized spacial score (nSPS) is 10.0. The van der Waals surface area contributed by atoms with E-state index in [0.29, 0.717) is 11.4 Å². The molecule has 0 aliphatic rings. The predicted octanol–water partition coefficient (Wildman–Crippen LogP) is 2.68. The van der Waals surface area contributed by atoms with Crippen molar-refractivity contribution < 1.29 is 14.5 Å². The summed E-state index contributed by atoms with van der Waals surface area (Å²) in [6.07, 6.45) is 1.30. The summed E-state index contributed by atoms with van der Waals surface area (Å²) < 4.78 is 5.12. The second-order valence-electron chi connectivity index (χ2n) is 4.19. The molecule has 0 N–H and O–H groups in total. The van der Waals surface area contributed by atoms with E-state index in [2.05, 4.69) is 4.98 Å². The number of carbonyl (C=O) groups excluding carboxylic acids is 1. The maximum Gasteiger partial charge on any atom is 0.274 e. The molecule has 0 aliphatic carbocycles. The standard InChI is InChI=1S/C14H13N3O4/c1-10(18)16(11-4-3-5-13(8-11)21-2)14-9-12(17(19)20)6-7-15-14/h3-9H,1-2H3. The van der Waals surface area contributed by atoms with Gasteiger partial charge in [-0.15, -0.1) is 0 Å². The summed E-state index contributed by atoms with van der Waals surface area (Å²) in [4.78, 5) is 27.5. The van der Waals surface area contributed by atoms with Crippen LogP contribution < -0.4 is 9.64 Å². The van der Waals surface area contributed by atoms with Crippen LogP contribution in [0, 0.1) is 10.1 Å². The number of aromatic nitrogens is 1. The van der Waals surface area contributed by atoms with Crippen LogP contribution in [0.1, 0.15) is 6.92 Å². The van der Waals surface area contributed by atoms with Crippen LogP contribution in [0.2, 0.25) is 0 Å². The van der Waals surface area contributed by atoms with Crippen LogP contribution in [0.5, 0.6) is 5.75 Å². The van der Waals surface area contributed by atoms with Crippen molar-refractivity contribution in [3.8, 4) is 5.75 Å². The van der Waals surface area contributed by atoms with E-state index in [-0.39, 0.29) is 17.4 Å². The Morgan fingerprint density at radius 2 is 2.10 bits per heavy atom. The lowest BCUT2D eigenvalue weighted by Gasteiger charge is -2.20. The summed E-state index contributed by atoms with van der Waals surface area (Å²) in [6.45, 7) is 1.36. The van der Waals surface area contributed by atoms with E-state index >= 15 is 0 Å². The molecule has 0 saturated heterocycles. The highest BCUT2D eigenvalue weighted by atomic mass is 16.6. The molecule has 21 heavy (non-hydrogen) atoms. The first-order valence-electron chi connectivity index (χ1n) is 6.08. The number of benzene rings is 1. The van der Waals surface area contributed by atoms with Gasteiger partial charge in [0.2, 0.25) is 5.91 Å². The Balaban J connectivity index is 2.50. The van der Waals surface area contributed by atoms with Gasteiger partial charge < -0.3 is 4.74 Å². The Hall–Kier alpha value is -2.96. The molecule has 0 aliphatic heterocycles. The quantitative estimate of drug-likeness (QED) is 0.637. The van der Waals surface area contributed by atoms with Crippen molar-refractivity contribution in [2.24, 2.45) is 0 Å². The van der Waals surface area contributed by atoms with Crippen LogP contribution in [0.4, 0.5) is 17.2 Å². The Labute approximate surface area is 120 Å². The zero-order chi connectivity index (χ0) is 15.4. The fourth-order valence-electron chi connectivity index (χ4n) is 1.87.